The molecule has 4 heteroatoms. The van der Waals surface area contributed by atoms with E-state index >= 15 is 0 Å². The molecule has 0 bridgehead atoms. The summed E-state index contributed by atoms with van der Waals surface area (Å²) < 4.78 is 5.63. The first-order chi connectivity index (χ1) is 8.80. The zero-order chi connectivity index (χ0) is 13.2. The van der Waals surface area contributed by atoms with E-state index in [1.54, 1.807) is 12.4 Å². The first-order valence-electron chi connectivity index (χ1n) is 6.20. The highest BCUT2D eigenvalue weighted by atomic mass is 16.5. The number of aliphatic hydroxyl groups is 1. The lowest BCUT2D eigenvalue weighted by Gasteiger charge is -2.17. The molecule has 1 aromatic rings. The van der Waals surface area contributed by atoms with Crippen LogP contribution in [-0.2, 0) is 0 Å². The topological polar surface area (TPSA) is 45.6 Å². The van der Waals surface area contributed by atoms with Crippen LogP contribution in [0.15, 0.2) is 18.5 Å². The summed E-state index contributed by atoms with van der Waals surface area (Å²) in [6.45, 7) is 7.72. The first kappa shape index (κ1) is 14.5. The molecule has 1 aromatic heterocycles. The fourth-order valence-corrected chi connectivity index (χ4v) is 1.54. The first-order valence-corrected chi connectivity index (χ1v) is 6.20. The number of aliphatic hydroxyl groups excluding tert-OH is 1. The van der Waals surface area contributed by atoms with Gasteiger partial charge in [-0.05, 0) is 19.2 Å². The molecule has 0 saturated heterocycles. The zero-order valence-electron chi connectivity index (χ0n) is 11.0. The summed E-state index contributed by atoms with van der Waals surface area (Å²) in [5.41, 5.74) is 0.754. The standard InChI is InChI=1S/C14H20N2O2/c1-3-16(4-2)7-9-18-14-10-13(6-5-8-17)11-15-12-14/h10-12,17H,3-4,7-9H2,1-2H3. The molecule has 1 rings (SSSR count). The molecule has 0 aliphatic carbocycles. The van der Waals surface area contributed by atoms with Crippen molar-refractivity contribution in [3.8, 4) is 17.6 Å². The Labute approximate surface area is 109 Å². The van der Waals surface area contributed by atoms with Gasteiger partial charge in [-0.25, -0.2) is 0 Å². The molecule has 4 nitrogen and oxygen atoms in total. The van der Waals surface area contributed by atoms with Crippen LogP contribution in [0.2, 0.25) is 0 Å². The van der Waals surface area contributed by atoms with Gasteiger partial charge in [0, 0.05) is 18.3 Å². The normalized spacial score (nSPS) is 10.0. The number of rotatable bonds is 6. The number of pyridine rings is 1. The third kappa shape index (κ3) is 5.17. The predicted molar refractivity (Wildman–Crippen MR) is 71.5 cm³/mol. The van der Waals surface area contributed by atoms with Crippen LogP contribution in [0, 0.1) is 11.8 Å². The van der Waals surface area contributed by atoms with Crippen molar-refractivity contribution >= 4 is 0 Å². The van der Waals surface area contributed by atoms with Gasteiger partial charge in [-0.3, -0.25) is 4.98 Å². The highest BCUT2D eigenvalue weighted by molar-refractivity contribution is 5.36. The van der Waals surface area contributed by atoms with E-state index in [2.05, 4.69) is 35.6 Å². The van der Waals surface area contributed by atoms with E-state index in [1.807, 2.05) is 6.07 Å². The number of ether oxygens (including phenoxy) is 1. The fourth-order valence-electron chi connectivity index (χ4n) is 1.54. The summed E-state index contributed by atoms with van der Waals surface area (Å²) in [6, 6.07) is 1.83. The molecule has 0 fully saturated rings. The molecule has 0 atom stereocenters. The summed E-state index contributed by atoms with van der Waals surface area (Å²) >= 11 is 0. The third-order valence-electron chi connectivity index (χ3n) is 2.60. The Morgan fingerprint density at radius 1 is 1.33 bits per heavy atom. The Bertz CT molecular complexity index is 406. The maximum absolute atomic E-state index is 8.62. The van der Waals surface area contributed by atoms with Gasteiger partial charge in [-0.2, -0.15) is 0 Å². The maximum atomic E-state index is 8.62. The SMILES string of the molecule is CCN(CC)CCOc1cncc(C#CCO)c1. The van der Waals surface area contributed by atoms with E-state index in [4.69, 9.17) is 9.84 Å². The lowest BCUT2D eigenvalue weighted by molar-refractivity contribution is 0.222. The van der Waals surface area contributed by atoms with Gasteiger partial charge in [0.1, 0.15) is 19.0 Å². The second-order valence-electron chi connectivity index (χ2n) is 3.74. The Kier molecular flexibility index (Phi) is 6.85. The molecule has 1 heterocycles. The highest BCUT2D eigenvalue weighted by Gasteiger charge is 2.00. The Hall–Kier alpha value is -1.57. The molecule has 0 radical (unpaired) electrons. The molecular formula is C14H20N2O2. The van der Waals surface area contributed by atoms with E-state index < -0.39 is 0 Å². The fraction of sp³-hybridized carbons (Fsp3) is 0.500. The molecule has 0 aliphatic rings. The van der Waals surface area contributed by atoms with Crippen LogP contribution in [0.5, 0.6) is 5.75 Å². The van der Waals surface area contributed by atoms with Crippen molar-refractivity contribution in [2.45, 2.75) is 13.8 Å². The minimum atomic E-state index is -0.146. The lowest BCUT2D eigenvalue weighted by atomic mass is 10.3. The van der Waals surface area contributed by atoms with Crippen LogP contribution in [0.3, 0.4) is 0 Å². The average molecular weight is 248 g/mol. The van der Waals surface area contributed by atoms with E-state index in [-0.39, 0.29) is 6.61 Å². The highest BCUT2D eigenvalue weighted by Crippen LogP contribution is 2.10. The van der Waals surface area contributed by atoms with Gasteiger partial charge in [0.25, 0.3) is 0 Å². The van der Waals surface area contributed by atoms with E-state index in [0.29, 0.717) is 12.4 Å². The van der Waals surface area contributed by atoms with Crippen LogP contribution in [0.4, 0.5) is 0 Å². The van der Waals surface area contributed by atoms with Crippen LogP contribution in [0.1, 0.15) is 19.4 Å². The van der Waals surface area contributed by atoms with Crippen LogP contribution >= 0.6 is 0 Å². The summed E-state index contributed by atoms with van der Waals surface area (Å²) in [5, 5.41) is 8.62. The van der Waals surface area contributed by atoms with Crippen molar-refractivity contribution in [1.82, 2.24) is 9.88 Å². The van der Waals surface area contributed by atoms with E-state index in [0.717, 1.165) is 25.2 Å². The minimum absolute atomic E-state index is 0.146. The average Bonchev–Trinajstić information content (AvgIpc) is 2.42. The molecule has 0 unspecified atom stereocenters. The Balaban J connectivity index is 2.47. The molecule has 98 valence electrons. The van der Waals surface area contributed by atoms with Gasteiger partial charge in [-0.15, -0.1) is 0 Å². The molecule has 0 spiro atoms. The van der Waals surface area contributed by atoms with Crippen LogP contribution in [0.25, 0.3) is 0 Å². The van der Waals surface area contributed by atoms with Gasteiger partial charge >= 0.3 is 0 Å². The Morgan fingerprint density at radius 2 is 2.11 bits per heavy atom. The van der Waals surface area contributed by atoms with Gasteiger partial charge in [0.05, 0.1) is 6.20 Å². The molecule has 0 amide bonds. The third-order valence-corrected chi connectivity index (χ3v) is 2.60. The van der Waals surface area contributed by atoms with Crippen LogP contribution in [-0.4, -0.2) is 47.8 Å². The molecule has 1 N–H and O–H groups in total. The molecule has 0 saturated carbocycles. The number of aromatic nitrogens is 1. The smallest absolute Gasteiger partial charge is 0.138 e. The monoisotopic (exact) mass is 248 g/mol. The van der Waals surface area contributed by atoms with Gasteiger partial charge in [0.15, 0.2) is 0 Å². The second-order valence-corrected chi connectivity index (χ2v) is 3.74. The summed E-state index contributed by atoms with van der Waals surface area (Å²) in [5.74, 6) is 6.10. The largest absolute Gasteiger partial charge is 0.491 e. The second kappa shape index (κ2) is 8.51. The van der Waals surface area contributed by atoms with Crippen molar-refractivity contribution in [1.29, 1.82) is 0 Å². The van der Waals surface area contributed by atoms with Crippen molar-refractivity contribution in [3.05, 3.63) is 24.0 Å². The lowest BCUT2D eigenvalue weighted by Crippen LogP contribution is -2.27. The van der Waals surface area contributed by atoms with Gasteiger partial charge < -0.3 is 14.7 Å². The van der Waals surface area contributed by atoms with Crippen molar-refractivity contribution in [2.24, 2.45) is 0 Å². The maximum Gasteiger partial charge on any atom is 0.138 e. The molecular weight excluding hydrogens is 228 g/mol. The quantitative estimate of drug-likeness (QED) is 0.767. The van der Waals surface area contributed by atoms with Gasteiger partial charge in [0.2, 0.25) is 0 Å². The summed E-state index contributed by atoms with van der Waals surface area (Å²) in [4.78, 5) is 6.35. The van der Waals surface area contributed by atoms with Gasteiger partial charge in [-0.1, -0.05) is 25.7 Å². The van der Waals surface area contributed by atoms with Crippen molar-refractivity contribution in [3.63, 3.8) is 0 Å². The molecule has 0 aromatic carbocycles. The number of likely N-dealkylation sites (N-methyl/N-ethyl adjacent to an activating group) is 1. The number of nitrogens with zero attached hydrogens (tertiary/aromatic N) is 2. The van der Waals surface area contributed by atoms with Crippen molar-refractivity contribution in [2.75, 3.05) is 32.8 Å². The number of hydrogen-bond donors (Lipinski definition) is 1. The van der Waals surface area contributed by atoms with Crippen LogP contribution < -0.4 is 4.74 Å². The molecule has 0 aliphatic heterocycles. The van der Waals surface area contributed by atoms with E-state index in [9.17, 15) is 0 Å². The minimum Gasteiger partial charge on any atom is -0.491 e. The van der Waals surface area contributed by atoms with E-state index in [1.165, 1.54) is 0 Å². The number of hydrogen-bond acceptors (Lipinski definition) is 4. The summed E-state index contributed by atoms with van der Waals surface area (Å²) in [6.07, 6.45) is 3.33. The van der Waals surface area contributed by atoms with Crippen molar-refractivity contribution < 1.29 is 9.84 Å². The summed E-state index contributed by atoms with van der Waals surface area (Å²) in [7, 11) is 0. The molecule has 18 heavy (non-hydrogen) atoms. The Morgan fingerprint density at radius 3 is 2.78 bits per heavy atom. The predicted octanol–water partition coefficient (Wildman–Crippen LogP) is 1.15. The zero-order valence-corrected chi connectivity index (χ0v) is 11.0.